The Labute approximate surface area is 119 Å². The Balaban J connectivity index is 1.99. The number of phenolic OH excluding ortho intramolecular Hbond substituents is 1. The van der Waals surface area contributed by atoms with Gasteiger partial charge in [-0.1, -0.05) is 6.07 Å². The Bertz CT molecular complexity index is 443. The number of aromatic hydroxyl groups is 1. The largest absolute Gasteiger partial charge is 0.507 e. The van der Waals surface area contributed by atoms with Crippen LogP contribution in [0.15, 0.2) is 18.2 Å². The standard InChI is InChI=1S/C15H23NO4/c1-11(13-5-4-12(18-2)8-14(13)17)16-9-15(19-3)6-7-20-10-15/h4-5,8,11,16-17H,6-7,9-10H2,1-3H3. The zero-order valence-electron chi connectivity index (χ0n) is 12.3. The van der Waals surface area contributed by atoms with Crippen molar-refractivity contribution in [3.8, 4) is 11.5 Å². The highest BCUT2D eigenvalue weighted by Gasteiger charge is 2.35. The fourth-order valence-electron chi connectivity index (χ4n) is 2.43. The van der Waals surface area contributed by atoms with E-state index in [1.54, 1.807) is 20.3 Å². The molecule has 0 saturated carbocycles. The minimum absolute atomic E-state index is 0.0218. The average Bonchev–Trinajstić information content (AvgIpc) is 2.94. The van der Waals surface area contributed by atoms with Gasteiger partial charge in [-0.2, -0.15) is 0 Å². The van der Waals surface area contributed by atoms with Crippen LogP contribution in [0.4, 0.5) is 0 Å². The van der Waals surface area contributed by atoms with Crippen LogP contribution in [0.2, 0.25) is 0 Å². The molecule has 2 rings (SSSR count). The van der Waals surface area contributed by atoms with Crippen molar-refractivity contribution in [2.75, 3.05) is 34.0 Å². The van der Waals surface area contributed by atoms with Crippen LogP contribution in [0.3, 0.4) is 0 Å². The van der Waals surface area contributed by atoms with Crippen LogP contribution in [0.25, 0.3) is 0 Å². The van der Waals surface area contributed by atoms with Crippen molar-refractivity contribution in [1.29, 1.82) is 0 Å². The number of phenols is 1. The number of methoxy groups -OCH3 is 2. The third-order valence-electron chi connectivity index (χ3n) is 3.93. The second-order valence-corrected chi connectivity index (χ2v) is 5.22. The third-order valence-corrected chi connectivity index (χ3v) is 3.93. The van der Waals surface area contributed by atoms with Gasteiger partial charge in [0, 0.05) is 44.4 Å². The molecule has 2 unspecified atom stereocenters. The van der Waals surface area contributed by atoms with Gasteiger partial charge < -0.3 is 24.6 Å². The van der Waals surface area contributed by atoms with E-state index in [-0.39, 0.29) is 17.4 Å². The van der Waals surface area contributed by atoms with E-state index in [4.69, 9.17) is 14.2 Å². The molecule has 5 heteroatoms. The lowest BCUT2D eigenvalue weighted by Crippen LogP contribution is -2.43. The van der Waals surface area contributed by atoms with Gasteiger partial charge in [0.15, 0.2) is 0 Å². The molecule has 0 bridgehead atoms. The lowest BCUT2D eigenvalue weighted by atomic mass is 10.0. The molecule has 0 aliphatic carbocycles. The maximum atomic E-state index is 10.0. The summed E-state index contributed by atoms with van der Waals surface area (Å²) in [6.07, 6.45) is 0.887. The highest BCUT2D eigenvalue weighted by Crippen LogP contribution is 2.29. The molecule has 2 atom stereocenters. The summed E-state index contributed by atoms with van der Waals surface area (Å²) in [5, 5.41) is 13.4. The lowest BCUT2D eigenvalue weighted by Gasteiger charge is -2.28. The smallest absolute Gasteiger partial charge is 0.124 e. The summed E-state index contributed by atoms with van der Waals surface area (Å²) in [5.74, 6) is 0.884. The number of nitrogens with one attached hydrogen (secondary N) is 1. The third kappa shape index (κ3) is 3.23. The highest BCUT2D eigenvalue weighted by atomic mass is 16.5. The van der Waals surface area contributed by atoms with Crippen LogP contribution in [-0.4, -0.2) is 44.7 Å². The molecule has 1 saturated heterocycles. The monoisotopic (exact) mass is 281 g/mol. The van der Waals surface area contributed by atoms with E-state index in [1.165, 1.54) is 0 Å². The van der Waals surface area contributed by atoms with Gasteiger partial charge in [0.2, 0.25) is 0 Å². The topological polar surface area (TPSA) is 60.0 Å². The Morgan fingerprint density at radius 2 is 2.25 bits per heavy atom. The van der Waals surface area contributed by atoms with E-state index in [0.717, 1.165) is 18.6 Å². The predicted molar refractivity (Wildman–Crippen MR) is 76.3 cm³/mol. The van der Waals surface area contributed by atoms with Gasteiger partial charge in [-0.05, 0) is 13.0 Å². The average molecular weight is 281 g/mol. The van der Waals surface area contributed by atoms with Crippen molar-refractivity contribution in [2.45, 2.75) is 25.0 Å². The number of hydrogen-bond donors (Lipinski definition) is 2. The summed E-state index contributed by atoms with van der Waals surface area (Å²) in [5.41, 5.74) is 0.590. The summed E-state index contributed by atoms with van der Waals surface area (Å²) in [6.45, 7) is 4.05. The maximum Gasteiger partial charge on any atom is 0.124 e. The van der Waals surface area contributed by atoms with Crippen LogP contribution in [0.5, 0.6) is 11.5 Å². The molecule has 20 heavy (non-hydrogen) atoms. The molecule has 1 fully saturated rings. The molecular formula is C15H23NO4. The molecule has 5 nitrogen and oxygen atoms in total. The van der Waals surface area contributed by atoms with Crippen molar-refractivity contribution in [1.82, 2.24) is 5.32 Å². The molecule has 1 aliphatic heterocycles. The minimum atomic E-state index is -0.254. The summed E-state index contributed by atoms with van der Waals surface area (Å²) >= 11 is 0. The SMILES string of the molecule is COc1ccc(C(C)NCC2(OC)CCOC2)c(O)c1. The first-order valence-corrected chi connectivity index (χ1v) is 6.83. The molecule has 1 aromatic carbocycles. The molecule has 0 amide bonds. The van der Waals surface area contributed by atoms with Crippen molar-refractivity contribution < 1.29 is 19.3 Å². The van der Waals surface area contributed by atoms with E-state index in [0.29, 0.717) is 18.9 Å². The van der Waals surface area contributed by atoms with Crippen LogP contribution in [-0.2, 0) is 9.47 Å². The Morgan fingerprint density at radius 3 is 2.80 bits per heavy atom. The molecule has 0 radical (unpaired) electrons. The van der Waals surface area contributed by atoms with E-state index in [1.807, 2.05) is 19.1 Å². The molecule has 2 N–H and O–H groups in total. The summed E-state index contributed by atoms with van der Waals surface area (Å²) in [4.78, 5) is 0. The van der Waals surface area contributed by atoms with Crippen molar-refractivity contribution in [2.24, 2.45) is 0 Å². The van der Waals surface area contributed by atoms with Gasteiger partial charge in [-0.25, -0.2) is 0 Å². The Morgan fingerprint density at radius 1 is 1.45 bits per heavy atom. The van der Waals surface area contributed by atoms with Crippen LogP contribution in [0.1, 0.15) is 24.9 Å². The van der Waals surface area contributed by atoms with Crippen molar-refractivity contribution >= 4 is 0 Å². The van der Waals surface area contributed by atoms with Gasteiger partial charge in [-0.15, -0.1) is 0 Å². The number of ether oxygens (including phenoxy) is 3. The molecule has 0 aromatic heterocycles. The van der Waals surface area contributed by atoms with Gasteiger partial charge in [0.1, 0.15) is 17.1 Å². The van der Waals surface area contributed by atoms with Gasteiger partial charge in [0.25, 0.3) is 0 Å². The van der Waals surface area contributed by atoms with E-state index in [2.05, 4.69) is 5.32 Å². The quantitative estimate of drug-likeness (QED) is 0.833. The second-order valence-electron chi connectivity index (χ2n) is 5.22. The Hall–Kier alpha value is -1.30. The molecule has 1 heterocycles. The first kappa shape index (κ1) is 15.1. The summed E-state index contributed by atoms with van der Waals surface area (Å²) in [7, 11) is 3.30. The van der Waals surface area contributed by atoms with Crippen LogP contribution in [0, 0.1) is 0 Å². The lowest BCUT2D eigenvalue weighted by molar-refractivity contribution is -0.0172. The van der Waals surface area contributed by atoms with Gasteiger partial charge >= 0.3 is 0 Å². The fraction of sp³-hybridized carbons (Fsp3) is 0.600. The zero-order chi connectivity index (χ0) is 14.6. The van der Waals surface area contributed by atoms with Crippen LogP contribution < -0.4 is 10.1 Å². The summed E-state index contributed by atoms with van der Waals surface area (Å²) < 4.78 is 16.1. The van der Waals surface area contributed by atoms with E-state index in [9.17, 15) is 5.11 Å². The molecule has 1 aromatic rings. The maximum absolute atomic E-state index is 10.0. The first-order chi connectivity index (χ1) is 9.60. The number of rotatable bonds is 6. The van der Waals surface area contributed by atoms with Crippen molar-refractivity contribution in [3.63, 3.8) is 0 Å². The first-order valence-electron chi connectivity index (χ1n) is 6.83. The molecule has 0 spiro atoms. The summed E-state index contributed by atoms with van der Waals surface area (Å²) in [6, 6.07) is 5.36. The van der Waals surface area contributed by atoms with Gasteiger partial charge in [0.05, 0.1) is 13.7 Å². The molecule has 1 aliphatic rings. The molecular weight excluding hydrogens is 258 g/mol. The number of hydrogen-bond acceptors (Lipinski definition) is 5. The highest BCUT2D eigenvalue weighted by molar-refractivity contribution is 5.41. The van der Waals surface area contributed by atoms with Gasteiger partial charge in [-0.3, -0.25) is 0 Å². The minimum Gasteiger partial charge on any atom is -0.507 e. The van der Waals surface area contributed by atoms with Crippen LogP contribution >= 0.6 is 0 Å². The Kier molecular flexibility index (Phi) is 4.86. The zero-order valence-corrected chi connectivity index (χ0v) is 12.3. The number of benzene rings is 1. The van der Waals surface area contributed by atoms with Crippen molar-refractivity contribution in [3.05, 3.63) is 23.8 Å². The van der Waals surface area contributed by atoms with E-state index < -0.39 is 0 Å². The second kappa shape index (κ2) is 6.43. The normalized spacial score (nSPS) is 23.8. The molecule has 112 valence electrons. The van der Waals surface area contributed by atoms with E-state index >= 15 is 0 Å². The fourth-order valence-corrected chi connectivity index (χ4v) is 2.43. The predicted octanol–water partition coefficient (Wildman–Crippen LogP) is 1.86.